The normalized spacial score (nSPS) is 25.7. The van der Waals surface area contributed by atoms with Crippen LogP contribution in [0.3, 0.4) is 0 Å². The van der Waals surface area contributed by atoms with Gasteiger partial charge in [0.05, 0.1) is 16.3 Å². The second kappa shape index (κ2) is 10.4. The van der Waals surface area contributed by atoms with Gasteiger partial charge in [0.1, 0.15) is 11.5 Å². The van der Waals surface area contributed by atoms with Crippen molar-refractivity contribution in [3.8, 4) is 11.5 Å². The molecule has 10 heteroatoms. The van der Waals surface area contributed by atoms with Crippen molar-refractivity contribution in [1.29, 1.82) is 0 Å². The zero-order chi connectivity index (χ0) is 27.1. The van der Waals surface area contributed by atoms with Crippen LogP contribution in [0.15, 0.2) is 71.8 Å². The summed E-state index contributed by atoms with van der Waals surface area (Å²) in [5, 5.41) is 9.52. The lowest BCUT2D eigenvalue weighted by Crippen LogP contribution is -2.62. The molecule has 3 fully saturated rings. The molecule has 4 aliphatic heterocycles. The van der Waals surface area contributed by atoms with Crippen LogP contribution >= 0.6 is 11.8 Å². The van der Waals surface area contributed by atoms with Crippen LogP contribution in [-0.4, -0.2) is 59.8 Å². The zero-order valence-electron chi connectivity index (χ0n) is 21.7. The second-order valence-corrected chi connectivity index (χ2v) is 11.4. The minimum Gasteiger partial charge on any atom is -0.457 e. The number of nitrogens with zero attached hydrogens (tertiary/aromatic N) is 2. The number of carbonyl (C=O) groups excluding carboxylic acids is 3. The smallest absolute Gasteiger partial charge is 0.326 e. The highest BCUT2D eigenvalue weighted by molar-refractivity contribution is 8.04. The van der Waals surface area contributed by atoms with E-state index in [0.717, 1.165) is 30.0 Å². The maximum absolute atomic E-state index is 13.6. The molecule has 2 aromatic carbocycles. The third-order valence-corrected chi connectivity index (χ3v) is 9.09. The van der Waals surface area contributed by atoms with Gasteiger partial charge in [0.25, 0.3) is 5.91 Å². The molecule has 4 atom stereocenters. The van der Waals surface area contributed by atoms with Crippen molar-refractivity contribution >= 4 is 35.3 Å². The number of rotatable bonds is 6. The van der Waals surface area contributed by atoms with Crippen molar-refractivity contribution in [2.45, 2.75) is 37.2 Å². The predicted molar refractivity (Wildman–Crippen MR) is 150 cm³/mol. The fourth-order valence-corrected chi connectivity index (χ4v) is 7.41. The van der Waals surface area contributed by atoms with Gasteiger partial charge >= 0.3 is 6.03 Å². The van der Waals surface area contributed by atoms with E-state index in [0.29, 0.717) is 35.9 Å². The Labute approximate surface area is 231 Å². The van der Waals surface area contributed by atoms with Crippen molar-refractivity contribution in [3.05, 3.63) is 77.4 Å². The van der Waals surface area contributed by atoms with Gasteiger partial charge in [0.2, 0.25) is 5.91 Å². The number of urea groups is 1. The van der Waals surface area contributed by atoms with Crippen LogP contribution in [-0.2, 0) is 9.59 Å². The molecule has 3 unspecified atom stereocenters. The third-order valence-electron chi connectivity index (χ3n) is 7.75. The van der Waals surface area contributed by atoms with Crippen LogP contribution in [0.25, 0.3) is 0 Å². The average molecular weight is 546 g/mol. The highest BCUT2D eigenvalue weighted by Crippen LogP contribution is 2.49. The fourth-order valence-electron chi connectivity index (χ4n) is 5.94. The molecule has 3 N–H and O–H groups in total. The van der Waals surface area contributed by atoms with Crippen LogP contribution in [0.4, 0.5) is 10.5 Å². The number of hydrogen-bond donors (Lipinski definition) is 3. The van der Waals surface area contributed by atoms with Gasteiger partial charge in [-0.05, 0) is 68.3 Å². The summed E-state index contributed by atoms with van der Waals surface area (Å²) in [7, 11) is 0. The molecule has 0 bridgehead atoms. The summed E-state index contributed by atoms with van der Waals surface area (Å²) in [5.74, 6) is 1.11. The molecule has 3 saturated heterocycles. The molecule has 0 aliphatic carbocycles. The number of ether oxygens (including phenoxy) is 1. The quantitative estimate of drug-likeness (QED) is 0.481. The first-order valence-electron chi connectivity index (χ1n) is 13.2. The number of benzene rings is 2. The number of anilines is 1. The molecule has 2 aromatic rings. The van der Waals surface area contributed by atoms with Gasteiger partial charge in [-0.2, -0.15) is 0 Å². The van der Waals surface area contributed by atoms with Crippen molar-refractivity contribution < 1.29 is 19.1 Å². The van der Waals surface area contributed by atoms with Gasteiger partial charge in [-0.15, -0.1) is 0 Å². The third kappa shape index (κ3) is 4.79. The molecule has 6 rings (SSSR count). The summed E-state index contributed by atoms with van der Waals surface area (Å²) in [6.45, 7) is 7.24. The highest BCUT2D eigenvalue weighted by atomic mass is 32.2. The molecule has 0 radical (unpaired) electrons. The summed E-state index contributed by atoms with van der Waals surface area (Å²) in [5.41, 5.74) is 2.49. The summed E-state index contributed by atoms with van der Waals surface area (Å²) in [6, 6.07) is 15.0. The lowest BCUT2D eigenvalue weighted by atomic mass is 9.86. The number of nitrogens with one attached hydrogen (secondary N) is 3. The summed E-state index contributed by atoms with van der Waals surface area (Å²) in [4.78, 5) is 43.1. The first kappa shape index (κ1) is 25.5. The maximum atomic E-state index is 13.6. The van der Waals surface area contributed by atoms with Crippen LogP contribution in [0.1, 0.15) is 18.4 Å². The molecular formula is C29H31N5O4S. The number of aryl methyl sites for hydroxylation is 1. The predicted octanol–water partition coefficient (Wildman–Crippen LogP) is 3.48. The number of amides is 4. The van der Waals surface area contributed by atoms with Crippen molar-refractivity contribution in [3.63, 3.8) is 0 Å². The number of carbonyl (C=O) groups is 3. The number of piperidine rings is 1. The lowest BCUT2D eigenvalue weighted by molar-refractivity contribution is -0.125. The van der Waals surface area contributed by atoms with Crippen molar-refractivity contribution in [1.82, 2.24) is 20.9 Å². The number of likely N-dealkylation sites (tertiary alicyclic amines) is 1. The van der Waals surface area contributed by atoms with E-state index < -0.39 is 0 Å². The number of para-hydroxylation sites is 1. The Balaban J connectivity index is 1.23. The Morgan fingerprint density at radius 2 is 1.97 bits per heavy atom. The average Bonchev–Trinajstić information content (AvgIpc) is 3.55. The highest BCUT2D eigenvalue weighted by Gasteiger charge is 2.52. The second-order valence-electron chi connectivity index (χ2n) is 10.2. The Hall–Kier alpha value is -3.76. The Bertz CT molecular complexity index is 1360. The molecule has 202 valence electrons. The van der Waals surface area contributed by atoms with Gasteiger partial charge in [0, 0.05) is 36.4 Å². The minimum absolute atomic E-state index is 0.000613. The first-order valence-corrected chi connectivity index (χ1v) is 14.1. The van der Waals surface area contributed by atoms with Crippen LogP contribution in [0.2, 0.25) is 0 Å². The molecule has 0 saturated carbocycles. The molecule has 4 aliphatic rings. The van der Waals surface area contributed by atoms with Gasteiger partial charge in [-0.3, -0.25) is 14.5 Å². The van der Waals surface area contributed by atoms with E-state index in [1.165, 1.54) is 17.8 Å². The summed E-state index contributed by atoms with van der Waals surface area (Å²) < 4.78 is 5.99. The molecule has 0 aromatic heterocycles. The molecule has 0 spiro atoms. The SMILES string of the molecule is C=CC(=O)N[C@@H]1CCN(C(=O)C2=C3NC(=O)N(c4ccc(Oc5ccccc5)cc4C)C4CCNC(S2)C34)C1. The van der Waals surface area contributed by atoms with Gasteiger partial charge in [-0.1, -0.05) is 36.5 Å². The van der Waals surface area contributed by atoms with E-state index in [1.807, 2.05) is 60.4 Å². The van der Waals surface area contributed by atoms with Gasteiger partial charge in [0.15, 0.2) is 0 Å². The maximum Gasteiger partial charge on any atom is 0.326 e. The Morgan fingerprint density at radius 1 is 1.15 bits per heavy atom. The van der Waals surface area contributed by atoms with E-state index in [2.05, 4.69) is 22.5 Å². The molecule has 4 amide bonds. The molecule has 9 nitrogen and oxygen atoms in total. The first-order chi connectivity index (χ1) is 18.9. The number of hydrogen-bond acceptors (Lipinski definition) is 6. The van der Waals surface area contributed by atoms with Crippen molar-refractivity contribution in [2.75, 3.05) is 24.5 Å². The van der Waals surface area contributed by atoms with E-state index in [9.17, 15) is 14.4 Å². The summed E-state index contributed by atoms with van der Waals surface area (Å²) in [6.07, 6.45) is 2.71. The van der Waals surface area contributed by atoms with Gasteiger partial charge in [-0.25, -0.2) is 4.79 Å². The largest absolute Gasteiger partial charge is 0.457 e. The van der Waals surface area contributed by atoms with E-state index >= 15 is 0 Å². The summed E-state index contributed by atoms with van der Waals surface area (Å²) >= 11 is 1.51. The van der Waals surface area contributed by atoms with Crippen LogP contribution in [0.5, 0.6) is 11.5 Å². The van der Waals surface area contributed by atoms with Crippen LogP contribution < -0.4 is 25.6 Å². The standard InChI is InChI=1S/C29H31N5O4S/c1-3-23(35)31-18-12-14-33(16-18)28(36)26-25-24-22(11-13-30-27(24)39-26)34(29(37)32-25)21-10-9-20(15-17(21)2)38-19-7-5-4-6-8-19/h3-10,15,18,22,24,27,30H,1,11-14,16H2,2H3,(H,31,35)(H,32,37)/t18-,22?,24?,27?/m1/s1. The Kier molecular flexibility index (Phi) is 6.82. The van der Waals surface area contributed by atoms with Crippen molar-refractivity contribution in [2.24, 2.45) is 5.92 Å². The topological polar surface area (TPSA) is 103 Å². The molecule has 4 heterocycles. The molecule has 39 heavy (non-hydrogen) atoms. The lowest BCUT2D eigenvalue weighted by Gasteiger charge is -2.46. The van der Waals surface area contributed by atoms with Gasteiger partial charge < -0.3 is 25.6 Å². The Morgan fingerprint density at radius 3 is 2.74 bits per heavy atom. The van der Waals surface area contributed by atoms with Crippen LogP contribution in [0, 0.1) is 12.8 Å². The monoisotopic (exact) mass is 545 g/mol. The van der Waals surface area contributed by atoms with E-state index in [-0.39, 0.29) is 41.2 Å². The minimum atomic E-state index is -0.237. The van der Waals surface area contributed by atoms with E-state index in [4.69, 9.17) is 4.74 Å². The molecular weight excluding hydrogens is 514 g/mol. The van der Waals surface area contributed by atoms with E-state index in [1.54, 1.807) is 4.90 Å². The number of thioether (sulfide) groups is 1. The fraction of sp³-hybridized carbons (Fsp3) is 0.345. The zero-order valence-corrected chi connectivity index (χ0v) is 22.5.